The van der Waals surface area contributed by atoms with E-state index in [-0.39, 0.29) is 9.92 Å². The molecule has 0 aliphatic rings. The molecule has 7 heteroatoms. The lowest BCUT2D eigenvalue weighted by Crippen LogP contribution is -2.25. The lowest BCUT2D eigenvalue weighted by Gasteiger charge is -2.07. The summed E-state index contributed by atoms with van der Waals surface area (Å²) in [7, 11) is -3.50. The summed E-state index contributed by atoms with van der Waals surface area (Å²) in [5.74, 6) is 0. The molecule has 0 atom stereocenters. The number of benzene rings is 1. The van der Waals surface area contributed by atoms with E-state index in [1.165, 1.54) is 6.07 Å². The van der Waals surface area contributed by atoms with Gasteiger partial charge in [0.2, 0.25) is 10.0 Å². The van der Waals surface area contributed by atoms with Crippen molar-refractivity contribution in [2.45, 2.75) is 4.90 Å². The van der Waals surface area contributed by atoms with Gasteiger partial charge in [0, 0.05) is 16.3 Å². The SMILES string of the molecule is O=S(=O)(NCCBr)c1ccc(Br)cc1Cl. The lowest BCUT2D eigenvalue weighted by atomic mass is 10.4. The number of rotatable bonds is 4. The lowest BCUT2D eigenvalue weighted by molar-refractivity contribution is 0.584. The van der Waals surface area contributed by atoms with Crippen molar-refractivity contribution in [2.75, 3.05) is 11.9 Å². The molecule has 0 saturated heterocycles. The first-order valence-electron chi connectivity index (χ1n) is 3.98. The molecular weight excluding hydrogens is 369 g/mol. The van der Waals surface area contributed by atoms with Crippen molar-refractivity contribution in [1.29, 1.82) is 0 Å². The smallest absolute Gasteiger partial charge is 0.210 e. The van der Waals surface area contributed by atoms with Crippen LogP contribution >= 0.6 is 43.5 Å². The van der Waals surface area contributed by atoms with Crippen molar-refractivity contribution in [2.24, 2.45) is 0 Å². The maximum absolute atomic E-state index is 11.7. The highest BCUT2D eigenvalue weighted by Crippen LogP contribution is 2.24. The Bertz CT molecular complexity index is 450. The van der Waals surface area contributed by atoms with Crippen molar-refractivity contribution in [1.82, 2.24) is 4.72 Å². The fourth-order valence-electron chi connectivity index (χ4n) is 0.944. The normalized spacial score (nSPS) is 11.7. The molecule has 0 spiro atoms. The second kappa shape index (κ2) is 5.63. The Balaban J connectivity index is 3.05. The van der Waals surface area contributed by atoms with Gasteiger partial charge in [0.1, 0.15) is 4.90 Å². The highest BCUT2D eigenvalue weighted by atomic mass is 79.9. The van der Waals surface area contributed by atoms with Gasteiger partial charge in [-0.15, -0.1) is 0 Å². The molecule has 84 valence electrons. The zero-order valence-corrected chi connectivity index (χ0v) is 12.2. The van der Waals surface area contributed by atoms with Gasteiger partial charge < -0.3 is 0 Å². The predicted octanol–water partition coefficient (Wildman–Crippen LogP) is 2.78. The molecule has 0 radical (unpaired) electrons. The van der Waals surface area contributed by atoms with E-state index in [0.717, 1.165) is 4.47 Å². The van der Waals surface area contributed by atoms with Gasteiger partial charge in [0.15, 0.2) is 0 Å². The van der Waals surface area contributed by atoms with Gasteiger partial charge in [0.05, 0.1) is 5.02 Å². The molecule has 3 nitrogen and oxygen atoms in total. The summed E-state index contributed by atoms with van der Waals surface area (Å²) in [5, 5.41) is 0.756. The van der Waals surface area contributed by atoms with E-state index in [1.807, 2.05) is 0 Å². The molecule has 1 aromatic rings. The van der Waals surface area contributed by atoms with Crippen molar-refractivity contribution in [3.8, 4) is 0 Å². The summed E-state index contributed by atoms with van der Waals surface area (Å²) in [5.41, 5.74) is 0. The van der Waals surface area contributed by atoms with E-state index in [0.29, 0.717) is 11.9 Å². The quantitative estimate of drug-likeness (QED) is 0.820. The number of nitrogens with one attached hydrogen (secondary N) is 1. The van der Waals surface area contributed by atoms with Gasteiger partial charge in [-0.2, -0.15) is 0 Å². The Hall–Kier alpha value is 0.380. The third-order valence-electron chi connectivity index (χ3n) is 1.57. The Kier molecular flexibility index (Phi) is 5.05. The van der Waals surface area contributed by atoms with Crippen LogP contribution in [0.5, 0.6) is 0 Å². The first kappa shape index (κ1) is 13.4. The summed E-state index contributed by atoms with van der Waals surface area (Å²) in [6.45, 7) is 0.328. The first-order valence-corrected chi connectivity index (χ1v) is 7.75. The van der Waals surface area contributed by atoms with E-state index in [9.17, 15) is 8.42 Å². The van der Waals surface area contributed by atoms with Crippen LogP contribution in [0.4, 0.5) is 0 Å². The Morgan fingerprint density at radius 1 is 1.40 bits per heavy atom. The average Bonchev–Trinajstić information content (AvgIpc) is 2.14. The Morgan fingerprint density at radius 2 is 2.07 bits per heavy atom. The van der Waals surface area contributed by atoms with Gasteiger partial charge in [-0.1, -0.05) is 43.5 Å². The minimum Gasteiger partial charge on any atom is -0.210 e. The van der Waals surface area contributed by atoms with Gasteiger partial charge in [-0.05, 0) is 18.2 Å². The molecule has 0 aromatic heterocycles. The van der Waals surface area contributed by atoms with Gasteiger partial charge >= 0.3 is 0 Å². The topological polar surface area (TPSA) is 46.2 Å². The third kappa shape index (κ3) is 3.71. The molecule has 0 saturated carbocycles. The minimum absolute atomic E-state index is 0.0910. The maximum atomic E-state index is 11.7. The molecule has 0 aliphatic carbocycles. The second-order valence-electron chi connectivity index (χ2n) is 2.66. The van der Waals surface area contributed by atoms with Crippen LogP contribution in [0, 0.1) is 0 Å². The van der Waals surface area contributed by atoms with E-state index in [1.54, 1.807) is 12.1 Å². The third-order valence-corrected chi connectivity index (χ3v) is 4.40. The fraction of sp³-hybridized carbons (Fsp3) is 0.250. The average molecular weight is 377 g/mol. The Labute approximate surface area is 111 Å². The number of hydrogen-bond acceptors (Lipinski definition) is 2. The van der Waals surface area contributed by atoms with Gasteiger partial charge in [-0.25, -0.2) is 13.1 Å². The molecular formula is C8H8Br2ClNO2S. The maximum Gasteiger partial charge on any atom is 0.242 e. The van der Waals surface area contributed by atoms with Crippen LogP contribution in [0.1, 0.15) is 0 Å². The highest BCUT2D eigenvalue weighted by Gasteiger charge is 2.16. The molecule has 0 amide bonds. The summed E-state index contributed by atoms with van der Waals surface area (Å²) in [6.07, 6.45) is 0. The zero-order chi connectivity index (χ0) is 11.5. The monoisotopic (exact) mass is 375 g/mol. The minimum atomic E-state index is -3.50. The van der Waals surface area contributed by atoms with E-state index >= 15 is 0 Å². The predicted molar refractivity (Wildman–Crippen MR) is 68.1 cm³/mol. The number of hydrogen-bond donors (Lipinski definition) is 1. The van der Waals surface area contributed by atoms with Crippen molar-refractivity contribution >= 4 is 53.5 Å². The summed E-state index contributed by atoms with van der Waals surface area (Å²) in [4.78, 5) is 0.0910. The highest BCUT2D eigenvalue weighted by molar-refractivity contribution is 9.10. The second-order valence-corrected chi connectivity index (χ2v) is 6.51. The zero-order valence-electron chi connectivity index (χ0n) is 7.50. The van der Waals surface area contributed by atoms with Crippen molar-refractivity contribution in [3.63, 3.8) is 0 Å². The molecule has 0 unspecified atom stereocenters. The van der Waals surface area contributed by atoms with Crippen LogP contribution in [0.3, 0.4) is 0 Å². The van der Waals surface area contributed by atoms with E-state index in [4.69, 9.17) is 11.6 Å². The molecule has 0 heterocycles. The van der Waals surface area contributed by atoms with Crippen molar-refractivity contribution < 1.29 is 8.42 Å². The van der Waals surface area contributed by atoms with Crippen LogP contribution in [-0.4, -0.2) is 20.3 Å². The number of alkyl halides is 1. The number of halogens is 3. The van der Waals surface area contributed by atoms with Gasteiger partial charge in [0.25, 0.3) is 0 Å². The molecule has 1 rings (SSSR count). The summed E-state index contributed by atoms with van der Waals surface area (Å²) < 4.78 is 26.5. The van der Waals surface area contributed by atoms with Crippen molar-refractivity contribution in [3.05, 3.63) is 27.7 Å². The summed E-state index contributed by atoms with van der Waals surface area (Å²) in [6, 6.07) is 4.64. The molecule has 0 bridgehead atoms. The van der Waals surface area contributed by atoms with Crippen LogP contribution < -0.4 is 4.72 Å². The molecule has 0 fully saturated rings. The largest absolute Gasteiger partial charge is 0.242 e. The number of sulfonamides is 1. The summed E-state index contributed by atoms with van der Waals surface area (Å²) >= 11 is 12.2. The fourth-order valence-corrected chi connectivity index (χ4v) is 3.47. The Morgan fingerprint density at radius 3 is 2.60 bits per heavy atom. The standard InChI is InChI=1S/C8H8Br2ClNO2S/c9-3-4-12-15(13,14)8-2-1-6(10)5-7(8)11/h1-2,5,12H,3-4H2. The van der Waals surface area contributed by atoms with Crippen LogP contribution in [0.25, 0.3) is 0 Å². The molecule has 1 N–H and O–H groups in total. The molecule has 15 heavy (non-hydrogen) atoms. The van der Waals surface area contributed by atoms with Crippen LogP contribution in [0.2, 0.25) is 5.02 Å². The first-order chi connectivity index (χ1) is 6.97. The van der Waals surface area contributed by atoms with Gasteiger partial charge in [-0.3, -0.25) is 0 Å². The molecule has 1 aromatic carbocycles. The van der Waals surface area contributed by atoms with Crippen LogP contribution in [-0.2, 0) is 10.0 Å². The van der Waals surface area contributed by atoms with E-state index < -0.39 is 10.0 Å². The van der Waals surface area contributed by atoms with Crippen LogP contribution in [0.15, 0.2) is 27.6 Å². The molecule has 0 aliphatic heterocycles. The van der Waals surface area contributed by atoms with E-state index in [2.05, 4.69) is 36.6 Å².